The minimum absolute atomic E-state index is 0. The van der Waals surface area contributed by atoms with Gasteiger partial charge in [0.05, 0.1) is 0 Å². The number of urea groups is 1. The van der Waals surface area contributed by atoms with E-state index in [0.29, 0.717) is 5.69 Å². The molecule has 52 valence electrons. The van der Waals surface area contributed by atoms with Crippen LogP contribution in [0.15, 0.2) is 30.3 Å². The molecule has 0 fully saturated rings. The Balaban J connectivity index is 0.000001000. The Labute approximate surface area is 124 Å². The molecule has 0 aliphatic carbocycles. The summed E-state index contributed by atoms with van der Waals surface area (Å²) in [7, 11) is 0. The molecule has 0 heterocycles. The molecule has 0 radical (unpaired) electrons. The van der Waals surface area contributed by atoms with Crippen molar-refractivity contribution in [1.29, 1.82) is 0 Å². The maximum Gasteiger partial charge on any atom is 1.00 e. The predicted molar refractivity (Wildman–Crippen MR) is 39.8 cm³/mol. The molecule has 0 unspecified atom stereocenters. The van der Waals surface area contributed by atoms with Gasteiger partial charge in [0.15, 0.2) is 6.03 Å². The van der Waals surface area contributed by atoms with Crippen LogP contribution in [-0.2, 0) is 0 Å². The number of para-hydroxylation sites is 1. The Kier molecular flexibility index (Phi) is 6.40. The zero-order chi connectivity index (χ0) is 7.40. The largest absolute Gasteiger partial charge is 1.00 e. The second-order valence-corrected chi connectivity index (χ2v) is 1.82. The van der Waals surface area contributed by atoms with E-state index in [1.165, 1.54) is 0 Å². The molecule has 0 aliphatic heterocycles. The van der Waals surface area contributed by atoms with E-state index in [-0.39, 0.29) is 68.9 Å². The van der Waals surface area contributed by atoms with Crippen LogP contribution in [0.5, 0.6) is 0 Å². The van der Waals surface area contributed by atoms with Gasteiger partial charge >= 0.3 is 68.9 Å². The van der Waals surface area contributed by atoms with Crippen molar-refractivity contribution in [3.63, 3.8) is 0 Å². The molecule has 0 saturated heterocycles. The Morgan fingerprint density at radius 1 is 1.27 bits per heavy atom. The van der Waals surface area contributed by atoms with E-state index in [4.69, 9.17) is 5.73 Å². The molecule has 0 aliphatic rings. The summed E-state index contributed by atoms with van der Waals surface area (Å²) >= 11 is 0. The van der Waals surface area contributed by atoms with Gasteiger partial charge in [-0.05, 0) is 5.69 Å². The van der Waals surface area contributed by atoms with Gasteiger partial charge in [-0.1, -0.05) is 30.3 Å². The molecule has 1 aromatic rings. The molecule has 0 aromatic heterocycles. The maximum absolute atomic E-state index is 10.2. The molecule has 1 rings (SSSR count). The zero-order valence-corrected chi connectivity index (χ0v) is 12.6. The van der Waals surface area contributed by atoms with Crippen LogP contribution >= 0.6 is 0 Å². The Morgan fingerprint density at radius 3 is 2.27 bits per heavy atom. The molecule has 0 spiro atoms. The first-order valence-electron chi connectivity index (χ1n) is 2.86. The van der Waals surface area contributed by atoms with E-state index < -0.39 is 6.03 Å². The molecule has 11 heavy (non-hydrogen) atoms. The van der Waals surface area contributed by atoms with E-state index >= 15 is 0 Å². The number of benzene rings is 1. The second kappa shape index (κ2) is 6.10. The van der Waals surface area contributed by atoms with Gasteiger partial charge in [-0.2, -0.15) is 0 Å². The van der Waals surface area contributed by atoms with E-state index in [1.54, 1.807) is 24.3 Å². The quantitative estimate of drug-likeness (QED) is 0.717. The van der Waals surface area contributed by atoms with E-state index in [0.717, 1.165) is 0 Å². The smallest absolute Gasteiger partial charge is 0.447 e. The Bertz CT molecular complexity index is 225. The Morgan fingerprint density at radius 2 is 1.82 bits per heavy atom. The molecule has 0 atom stereocenters. The van der Waals surface area contributed by atoms with Gasteiger partial charge < -0.3 is 11.1 Å². The summed E-state index contributed by atoms with van der Waals surface area (Å²) in [6.07, 6.45) is 0. The average Bonchev–Trinajstić information content (AvgIpc) is 1.88. The summed E-state index contributed by atoms with van der Waals surface area (Å²) < 4.78 is 0. The van der Waals surface area contributed by atoms with Crippen molar-refractivity contribution in [1.82, 2.24) is 0 Å². The van der Waals surface area contributed by atoms with Crippen LogP contribution in [0.4, 0.5) is 10.5 Å². The summed E-state index contributed by atoms with van der Waals surface area (Å²) in [5.41, 5.74) is 7.22. The average molecular weight is 268 g/mol. The number of anilines is 1. The van der Waals surface area contributed by atoms with Gasteiger partial charge in [-0.3, -0.25) is 4.79 Å². The SMILES string of the molecule is [Cs+].[NH-]C(=O)Nc1ccccc1. The third kappa shape index (κ3) is 4.89. The molecule has 2 N–H and O–H groups in total. The molecular formula is C7H7CsN2O. The van der Waals surface area contributed by atoms with Gasteiger partial charge in [-0.15, -0.1) is 0 Å². The molecule has 4 heteroatoms. The van der Waals surface area contributed by atoms with Crippen LogP contribution in [0.3, 0.4) is 0 Å². The number of rotatable bonds is 1. The summed E-state index contributed by atoms with van der Waals surface area (Å²) in [6.45, 7) is 0. The first-order chi connectivity index (χ1) is 4.79. The third-order valence-electron chi connectivity index (χ3n) is 1.03. The van der Waals surface area contributed by atoms with E-state index in [2.05, 4.69) is 5.32 Å². The van der Waals surface area contributed by atoms with Crippen molar-refractivity contribution >= 4 is 11.7 Å². The molecule has 3 nitrogen and oxygen atoms in total. The van der Waals surface area contributed by atoms with Gasteiger partial charge in [0.2, 0.25) is 0 Å². The van der Waals surface area contributed by atoms with Crippen LogP contribution in [0.1, 0.15) is 0 Å². The van der Waals surface area contributed by atoms with Gasteiger partial charge in [-0.25, -0.2) is 0 Å². The van der Waals surface area contributed by atoms with Crippen molar-refractivity contribution in [3.05, 3.63) is 36.1 Å². The van der Waals surface area contributed by atoms with Gasteiger partial charge in [0, 0.05) is 0 Å². The number of nitrogens with one attached hydrogen (secondary N) is 2. The fraction of sp³-hybridized carbons (Fsp3) is 0. The molecule has 2 amide bonds. The minimum atomic E-state index is -0.786. The minimum Gasteiger partial charge on any atom is -0.447 e. The van der Waals surface area contributed by atoms with Crippen molar-refractivity contribution in [2.75, 3.05) is 5.32 Å². The summed E-state index contributed by atoms with van der Waals surface area (Å²) in [5.74, 6) is 0. The number of hydrogen-bond donors (Lipinski definition) is 1. The maximum atomic E-state index is 10.2. The number of carbonyl (C=O) groups excluding carboxylic acids is 1. The topological polar surface area (TPSA) is 52.9 Å². The molecule has 0 bridgehead atoms. The third-order valence-corrected chi connectivity index (χ3v) is 1.03. The number of amides is 2. The first kappa shape index (κ1) is 11.5. The summed E-state index contributed by atoms with van der Waals surface area (Å²) in [6, 6.07) is 8.11. The number of carbonyl (C=O) groups is 1. The normalized spacial score (nSPS) is 8.00. The van der Waals surface area contributed by atoms with Crippen molar-refractivity contribution < 1.29 is 73.7 Å². The van der Waals surface area contributed by atoms with Crippen molar-refractivity contribution in [2.24, 2.45) is 0 Å². The Hall–Kier alpha value is 0.542. The fourth-order valence-electron chi connectivity index (χ4n) is 0.653. The predicted octanol–water partition coefficient (Wildman–Crippen LogP) is -0.725. The van der Waals surface area contributed by atoms with Crippen molar-refractivity contribution in [3.8, 4) is 0 Å². The van der Waals surface area contributed by atoms with Crippen LogP contribution in [0.25, 0.3) is 5.73 Å². The van der Waals surface area contributed by atoms with E-state index in [1.807, 2.05) is 6.07 Å². The van der Waals surface area contributed by atoms with E-state index in [9.17, 15) is 4.79 Å². The van der Waals surface area contributed by atoms with Gasteiger partial charge in [0.25, 0.3) is 0 Å². The van der Waals surface area contributed by atoms with Crippen molar-refractivity contribution in [2.45, 2.75) is 0 Å². The van der Waals surface area contributed by atoms with Gasteiger partial charge in [0.1, 0.15) is 0 Å². The fourth-order valence-corrected chi connectivity index (χ4v) is 0.653. The summed E-state index contributed by atoms with van der Waals surface area (Å²) in [4.78, 5) is 10.2. The van der Waals surface area contributed by atoms with Crippen LogP contribution in [0, 0.1) is 0 Å². The molecule has 1 aromatic carbocycles. The first-order valence-corrected chi connectivity index (χ1v) is 2.86. The zero-order valence-electron chi connectivity index (χ0n) is 6.29. The monoisotopic (exact) mass is 268 g/mol. The van der Waals surface area contributed by atoms with Crippen LogP contribution < -0.4 is 74.2 Å². The molecule has 0 saturated carbocycles. The molecular weight excluding hydrogens is 261 g/mol. The standard InChI is InChI=1S/C7H8N2O.Cs/c8-7(10)9-6-4-2-1-3-5-6;/h1-5H,(H3,8,9,10);/q;+1/p-1. The number of hydrogen-bond acceptors (Lipinski definition) is 1. The van der Waals surface area contributed by atoms with Crippen LogP contribution in [0.2, 0.25) is 0 Å². The van der Waals surface area contributed by atoms with Crippen LogP contribution in [-0.4, -0.2) is 6.03 Å². The summed E-state index contributed by atoms with van der Waals surface area (Å²) in [5, 5.41) is 2.33. The second-order valence-electron chi connectivity index (χ2n) is 1.82.